The number of nitrogens with zero attached hydrogens (tertiary/aromatic N) is 2. The van der Waals surface area contributed by atoms with E-state index in [0.717, 1.165) is 5.56 Å². The smallest absolute Gasteiger partial charge is 0.287 e. The van der Waals surface area contributed by atoms with Crippen LogP contribution >= 0.6 is 0 Å². The predicted octanol–water partition coefficient (Wildman–Crippen LogP) is 2.58. The number of imidazole rings is 1. The lowest BCUT2D eigenvalue weighted by Gasteiger charge is -2.06. The minimum Gasteiger partial charge on any atom is -0.349 e. The number of nitrogens with one attached hydrogen (secondary N) is 2. The van der Waals surface area contributed by atoms with Crippen molar-refractivity contribution in [3.8, 4) is 0 Å². The number of fused-ring (bicyclic) bond motifs is 1. The number of carbonyl (C=O) groups is 2. The molecule has 0 unspecified atom stereocenters. The Morgan fingerprint density at radius 3 is 2.56 bits per heavy atom. The summed E-state index contributed by atoms with van der Waals surface area (Å²) in [7, 11) is 0. The van der Waals surface area contributed by atoms with Crippen LogP contribution < -0.4 is 10.6 Å². The first-order chi connectivity index (χ1) is 13.0. The van der Waals surface area contributed by atoms with Crippen LogP contribution in [0.3, 0.4) is 0 Å². The van der Waals surface area contributed by atoms with Crippen LogP contribution in [0.25, 0.3) is 5.52 Å². The Morgan fingerprint density at radius 2 is 1.85 bits per heavy atom. The van der Waals surface area contributed by atoms with Crippen molar-refractivity contribution < 1.29 is 14.0 Å². The molecule has 0 saturated heterocycles. The van der Waals surface area contributed by atoms with Crippen LogP contribution in [-0.4, -0.2) is 33.8 Å². The van der Waals surface area contributed by atoms with E-state index in [2.05, 4.69) is 15.6 Å². The highest BCUT2D eigenvalue weighted by Crippen LogP contribution is 2.13. The molecule has 1 aromatic carbocycles. The molecule has 2 N–H and O–H groups in total. The van der Waals surface area contributed by atoms with Gasteiger partial charge in [-0.2, -0.15) is 0 Å². The maximum Gasteiger partial charge on any atom is 0.287 e. The lowest BCUT2D eigenvalue weighted by atomic mass is 10.1. The molecule has 0 atom stereocenters. The molecule has 0 aliphatic carbocycles. The highest BCUT2D eigenvalue weighted by Gasteiger charge is 2.21. The van der Waals surface area contributed by atoms with E-state index >= 15 is 0 Å². The zero-order chi connectivity index (χ0) is 19.4. The third kappa shape index (κ3) is 4.31. The average Bonchev–Trinajstić information content (AvgIpc) is 3.03. The van der Waals surface area contributed by atoms with Crippen LogP contribution in [0.2, 0.25) is 0 Å². The summed E-state index contributed by atoms with van der Waals surface area (Å²) in [5, 5.41) is 5.60. The van der Waals surface area contributed by atoms with Gasteiger partial charge in [0.1, 0.15) is 5.82 Å². The van der Waals surface area contributed by atoms with E-state index < -0.39 is 0 Å². The van der Waals surface area contributed by atoms with Crippen LogP contribution in [0.1, 0.15) is 40.5 Å². The number of benzene rings is 1. The molecule has 2 amide bonds. The first kappa shape index (κ1) is 18.6. The van der Waals surface area contributed by atoms with Crippen molar-refractivity contribution in [1.29, 1.82) is 0 Å². The van der Waals surface area contributed by atoms with Crippen LogP contribution in [0.5, 0.6) is 0 Å². The Kier molecular flexibility index (Phi) is 5.49. The fraction of sp³-hybridized carbons (Fsp3) is 0.250. The Morgan fingerprint density at radius 1 is 1.11 bits per heavy atom. The second kappa shape index (κ2) is 7.99. The van der Waals surface area contributed by atoms with E-state index in [4.69, 9.17) is 0 Å². The third-order valence-electron chi connectivity index (χ3n) is 4.00. The molecule has 0 bridgehead atoms. The molecule has 0 aliphatic heterocycles. The van der Waals surface area contributed by atoms with E-state index in [0.29, 0.717) is 18.5 Å². The van der Waals surface area contributed by atoms with Crippen molar-refractivity contribution in [1.82, 2.24) is 20.0 Å². The van der Waals surface area contributed by atoms with Crippen molar-refractivity contribution in [2.75, 3.05) is 6.54 Å². The van der Waals surface area contributed by atoms with Crippen molar-refractivity contribution in [2.45, 2.75) is 26.3 Å². The minimum atomic E-state index is -0.373. The van der Waals surface area contributed by atoms with Gasteiger partial charge >= 0.3 is 0 Å². The van der Waals surface area contributed by atoms with Gasteiger partial charge in [-0.05, 0) is 50.1 Å². The largest absolute Gasteiger partial charge is 0.349 e. The van der Waals surface area contributed by atoms with Gasteiger partial charge in [0.2, 0.25) is 5.82 Å². The fourth-order valence-corrected chi connectivity index (χ4v) is 2.75. The van der Waals surface area contributed by atoms with Crippen LogP contribution in [0, 0.1) is 5.82 Å². The van der Waals surface area contributed by atoms with Gasteiger partial charge in [-0.25, -0.2) is 9.37 Å². The lowest BCUT2D eigenvalue weighted by Crippen LogP contribution is -2.31. The molecule has 0 saturated carbocycles. The number of pyridine rings is 1. The van der Waals surface area contributed by atoms with Crippen molar-refractivity contribution >= 4 is 17.3 Å². The molecule has 0 spiro atoms. The summed E-state index contributed by atoms with van der Waals surface area (Å²) in [6, 6.07) is 11.4. The normalized spacial score (nSPS) is 11.0. The van der Waals surface area contributed by atoms with E-state index in [1.54, 1.807) is 40.9 Å². The summed E-state index contributed by atoms with van der Waals surface area (Å²) in [6.45, 7) is 4.10. The Balaban J connectivity index is 1.76. The monoisotopic (exact) mass is 368 g/mol. The van der Waals surface area contributed by atoms with Crippen LogP contribution in [0.4, 0.5) is 4.39 Å². The molecule has 0 fully saturated rings. The van der Waals surface area contributed by atoms with Crippen LogP contribution in [0.15, 0.2) is 48.7 Å². The van der Waals surface area contributed by atoms with Gasteiger partial charge in [0.05, 0.1) is 5.52 Å². The Labute approximate surface area is 156 Å². The average molecular weight is 368 g/mol. The molecule has 6 nitrogen and oxygen atoms in total. The zero-order valence-corrected chi connectivity index (χ0v) is 15.2. The molecule has 27 heavy (non-hydrogen) atoms. The van der Waals surface area contributed by atoms with E-state index in [1.807, 2.05) is 13.8 Å². The van der Waals surface area contributed by atoms with Crippen molar-refractivity contribution in [3.63, 3.8) is 0 Å². The molecule has 140 valence electrons. The maximum absolute atomic E-state index is 12.9. The highest BCUT2D eigenvalue weighted by molar-refractivity contribution is 6.02. The summed E-state index contributed by atoms with van der Waals surface area (Å²) < 4.78 is 14.5. The summed E-state index contributed by atoms with van der Waals surface area (Å²) >= 11 is 0. The summed E-state index contributed by atoms with van der Waals surface area (Å²) in [5.41, 5.74) is 1.70. The number of hydrogen-bond acceptors (Lipinski definition) is 3. The molecule has 2 aromatic heterocycles. The zero-order valence-electron chi connectivity index (χ0n) is 15.2. The Bertz CT molecular complexity index is 964. The fourth-order valence-electron chi connectivity index (χ4n) is 2.75. The number of amides is 2. The standard InChI is InChI=1S/C20H21FN4O2/c1-13(2)23-19(26)17-16-5-3-4-12-25(16)18(24-17)20(27)22-11-10-14-6-8-15(21)9-7-14/h3-9,12-13H,10-11H2,1-2H3,(H,22,27)(H,23,26). The number of rotatable bonds is 6. The van der Waals surface area contributed by atoms with E-state index in [1.165, 1.54) is 12.1 Å². The summed E-state index contributed by atoms with van der Waals surface area (Å²) in [6.07, 6.45) is 2.26. The third-order valence-corrected chi connectivity index (χ3v) is 4.00. The van der Waals surface area contributed by atoms with Gasteiger partial charge in [0.25, 0.3) is 11.8 Å². The highest BCUT2D eigenvalue weighted by atomic mass is 19.1. The second-order valence-electron chi connectivity index (χ2n) is 6.50. The summed E-state index contributed by atoms with van der Waals surface area (Å²) in [4.78, 5) is 29.2. The molecular weight excluding hydrogens is 347 g/mol. The number of halogens is 1. The van der Waals surface area contributed by atoms with Gasteiger partial charge < -0.3 is 10.6 Å². The number of aromatic nitrogens is 2. The second-order valence-corrected chi connectivity index (χ2v) is 6.50. The minimum absolute atomic E-state index is 0.0362. The van der Waals surface area contributed by atoms with Gasteiger partial charge in [-0.3, -0.25) is 14.0 Å². The number of hydrogen-bond donors (Lipinski definition) is 2. The van der Waals surface area contributed by atoms with Gasteiger partial charge in [-0.15, -0.1) is 0 Å². The first-order valence-electron chi connectivity index (χ1n) is 8.76. The number of carbonyl (C=O) groups excluding carboxylic acids is 2. The predicted molar refractivity (Wildman–Crippen MR) is 100 cm³/mol. The molecule has 0 radical (unpaired) electrons. The lowest BCUT2D eigenvalue weighted by molar-refractivity contribution is 0.0940. The van der Waals surface area contributed by atoms with Crippen molar-refractivity contribution in [3.05, 3.63) is 71.6 Å². The topological polar surface area (TPSA) is 75.5 Å². The van der Waals surface area contributed by atoms with Crippen molar-refractivity contribution in [2.24, 2.45) is 0 Å². The quantitative estimate of drug-likeness (QED) is 0.702. The molecular formula is C20H21FN4O2. The van der Waals surface area contributed by atoms with E-state index in [-0.39, 0.29) is 35.2 Å². The van der Waals surface area contributed by atoms with E-state index in [9.17, 15) is 14.0 Å². The Hall–Kier alpha value is -3.22. The summed E-state index contributed by atoms with van der Waals surface area (Å²) in [5.74, 6) is -0.835. The molecule has 3 rings (SSSR count). The first-order valence-corrected chi connectivity index (χ1v) is 8.76. The van der Waals surface area contributed by atoms with Crippen LogP contribution in [-0.2, 0) is 6.42 Å². The van der Waals surface area contributed by atoms with Gasteiger partial charge in [0, 0.05) is 18.8 Å². The molecule has 0 aliphatic rings. The maximum atomic E-state index is 12.9. The molecule has 7 heteroatoms. The van der Waals surface area contributed by atoms with Gasteiger partial charge in [0.15, 0.2) is 5.69 Å². The molecule has 2 heterocycles. The SMILES string of the molecule is CC(C)NC(=O)c1nc(C(=O)NCCc2ccc(F)cc2)n2ccccc12. The molecule has 3 aromatic rings. The van der Waals surface area contributed by atoms with Gasteiger partial charge in [-0.1, -0.05) is 18.2 Å².